The van der Waals surface area contributed by atoms with Crippen molar-refractivity contribution in [3.63, 3.8) is 0 Å². The van der Waals surface area contributed by atoms with Crippen molar-refractivity contribution in [3.05, 3.63) is 85.1 Å². The van der Waals surface area contributed by atoms with Crippen LogP contribution in [-0.2, 0) is 32.7 Å². The standard InChI is InChI=1S/C56H98NO8P/c1-6-8-10-12-14-16-18-20-22-24-25-26-27-28-29-30-31-33-35-37-39-41-43-45-47-49-56(59)65-54(53-64-66(60,61)63-51-50-57(3,4)5)52-62-55(58)48-46-44-42-40-38-36-34-32-23-21-19-17-15-13-11-9-7-2/h8-11,14-17,20-23,25-26,54H,6-7,12-13,18-19,24,27-53H2,1-5H3/p+1/b10-8-,11-9-,16-14-,17-15-,22-20-,23-21-,26-25-. The highest BCUT2D eigenvalue weighted by molar-refractivity contribution is 7.47. The van der Waals surface area contributed by atoms with Gasteiger partial charge in [-0.15, -0.1) is 0 Å². The highest BCUT2D eigenvalue weighted by Gasteiger charge is 2.27. The molecule has 2 atom stereocenters. The number of quaternary nitrogens is 1. The van der Waals surface area contributed by atoms with Crippen molar-refractivity contribution in [1.29, 1.82) is 0 Å². The van der Waals surface area contributed by atoms with E-state index in [0.717, 1.165) is 96.3 Å². The minimum absolute atomic E-state index is 0.0259. The quantitative estimate of drug-likeness (QED) is 0.0211. The lowest BCUT2D eigenvalue weighted by Gasteiger charge is -2.24. The third-order valence-electron chi connectivity index (χ3n) is 10.9. The summed E-state index contributed by atoms with van der Waals surface area (Å²) in [6.45, 7) is 4.19. The Hall–Kier alpha value is -2.81. The summed E-state index contributed by atoms with van der Waals surface area (Å²) in [6.07, 6.45) is 62.1. The van der Waals surface area contributed by atoms with E-state index in [0.29, 0.717) is 17.4 Å². The minimum atomic E-state index is -4.39. The first-order chi connectivity index (χ1) is 32.0. The summed E-state index contributed by atoms with van der Waals surface area (Å²) in [5, 5.41) is 0. The Kier molecular flexibility index (Phi) is 45.3. The van der Waals surface area contributed by atoms with Crippen LogP contribution in [0.3, 0.4) is 0 Å². The van der Waals surface area contributed by atoms with Crippen molar-refractivity contribution in [2.24, 2.45) is 0 Å². The van der Waals surface area contributed by atoms with Crippen LogP contribution in [0.4, 0.5) is 0 Å². The minimum Gasteiger partial charge on any atom is -0.462 e. The molecule has 9 nitrogen and oxygen atoms in total. The first-order valence-corrected chi connectivity index (χ1v) is 27.8. The molecule has 0 aromatic carbocycles. The van der Waals surface area contributed by atoms with Crippen molar-refractivity contribution in [1.82, 2.24) is 0 Å². The fourth-order valence-electron chi connectivity index (χ4n) is 6.90. The molecule has 380 valence electrons. The van der Waals surface area contributed by atoms with Gasteiger partial charge in [0.1, 0.15) is 19.8 Å². The van der Waals surface area contributed by atoms with Gasteiger partial charge in [-0.05, 0) is 83.5 Å². The second kappa shape index (κ2) is 47.3. The zero-order chi connectivity index (χ0) is 48.5. The Morgan fingerprint density at radius 3 is 1.21 bits per heavy atom. The number of rotatable bonds is 47. The first-order valence-electron chi connectivity index (χ1n) is 26.3. The average Bonchev–Trinajstić information content (AvgIpc) is 3.27. The summed E-state index contributed by atoms with van der Waals surface area (Å²) >= 11 is 0. The Bertz CT molecular complexity index is 1390. The number of ether oxygens (including phenoxy) is 2. The summed E-state index contributed by atoms with van der Waals surface area (Å²) < 4.78 is 34.5. The van der Waals surface area contributed by atoms with E-state index in [4.69, 9.17) is 18.5 Å². The Balaban J connectivity index is 4.23. The van der Waals surface area contributed by atoms with E-state index in [9.17, 15) is 19.0 Å². The highest BCUT2D eigenvalue weighted by Crippen LogP contribution is 2.43. The smallest absolute Gasteiger partial charge is 0.462 e. The highest BCUT2D eigenvalue weighted by atomic mass is 31.2. The van der Waals surface area contributed by atoms with E-state index < -0.39 is 26.5 Å². The van der Waals surface area contributed by atoms with Gasteiger partial charge in [-0.3, -0.25) is 18.6 Å². The molecule has 0 aliphatic carbocycles. The van der Waals surface area contributed by atoms with Crippen LogP contribution in [-0.4, -0.2) is 74.9 Å². The number of hydrogen-bond acceptors (Lipinski definition) is 7. The third-order valence-corrected chi connectivity index (χ3v) is 11.9. The number of unbranched alkanes of at least 4 members (excludes halogenated alkanes) is 19. The van der Waals surface area contributed by atoms with Crippen molar-refractivity contribution in [2.75, 3.05) is 47.5 Å². The molecular weight excluding hydrogens is 846 g/mol. The normalized spacial score (nSPS) is 14.1. The largest absolute Gasteiger partial charge is 0.472 e. The van der Waals surface area contributed by atoms with E-state index in [-0.39, 0.29) is 32.0 Å². The molecule has 0 rings (SSSR count). The fourth-order valence-corrected chi connectivity index (χ4v) is 7.64. The molecule has 66 heavy (non-hydrogen) atoms. The van der Waals surface area contributed by atoms with Crippen molar-refractivity contribution in [3.8, 4) is 0 Å². The van der Waals surface area contributed by atoms with Gasteiger partial charge in [0, 0.05) is 12.8 Å². The van der Waals surface area contributed by atoms with Gasteiger partial charge in [0.05, 0.1) is 27.7 Å². The van der Waals surface area contributed by atoms with Gasteiger partial charge in [0.2, 0.25) is 0 Å². The van der Waals surface area contributed by atoms with Gasteiger partial charge in [-0.25, -0.2) is 4.57 Å². The molecular formula is C56H99NO8P+. The molecule has 2 unspecified atom stereocenters. The molecule has 0 spiro atoms. The number of carbonyl (C=O) groups is 2. The van der Waals surface area contributed by atoms with Crippen LogP contribution in [0.2, 0.25) is 0 Å². The Morgan fingerprint density at radius 1 is 0.470 bits per heavy atom. The average molecular weight is 945 g/mol. The number of likely N-dealkylation sites (N-methyl/N-ethyl adjacent to an activating group) is 1. The number of phosphoric acid groups is 1. The van der Waals surface area contributed by atoms with Crippen LogP contribution in [0.1, 0.15) is 206 Å². The van der Waals surface area contributed by atoms with Crippen LogP contribution in [0.5, 0.6) is 0 Å². The zero-order valence-corrected chi connectivity index (χ0v) is 43.8. The summed E-state index contributed by atoms with van der Waals surface area (Å²) in [5.74, 6) is -0.814. The monoisotopic (exact) mass is 945 g/mol. The van der Waals surface area contributed by atoms with Crippen LogP contribution < -0.4 is 0 Å². The maximum absolute atomic E-state index is 12.8. The van der Waals surface area contributed by atoms with Crippen LogP contribution in [0, 0.1) is 0 Å². The lowest BCUT2D eigenvalue weighted by Crippen LogP contribution is -2.37. The predicted molar refractivity (Wildman–Crippen MR) is 279 cm³/mol. The van der Waals surface area contributed by atoms with E-state index in [1.54, 1.807) is 0 Å². The molecule has 0 bridgehead atoms. The van der Waals surface area contributed by atoms with Gasteiger partial charge in [-0.1, -0.05) is 195 Å². The van der Waals surface area contributed by atoms with E-state index in [1.807, 2.05) is 21.1 Å². The number of carbonyl (C=O) groups excluding carboxylic acids is 2. The number of esters is 2. The van der Waals surface area contributed by atoms with Gasteiger partial charge in [0.15, 0.2) is 6.10 Å². The van der Waals surface area contributed by atoms with E-state index in [2.05, 4.69) is 98.9 Å². The first kappa shape index (κ1) is 63.2. The van der Waals surface area contributed by atoms with Crippen LogP contribution >= 0.6 is 7.82 Å². The van der Waals surface area contributed by atoms with Gasteiger partial charge in [-0.2, -0.15) is 0 Å². The van der Waals surface area contributed by atoms with E-state index >= 15 is 0 Å². The number of phosphoric ester groups is 1. The van der Waals surface area contributed by atoms with Crippen molar-refractivity contribution in [2.45, 2.75) is 213 Å². The molecule has 0 aliphatic heterocycles. The van der Waals surface area contributed by atoms with Crippen molar-refractivity contribution < 1.29 is 42.1 Å². The third kappa shape index (κ3) is 50.6. The van der Waals surface area contributed by atoms with Gasteiger partial charge >= 0.3 is 19.8 Å². The lowest BCUT2D eigenvalue weighted by molar-refractivity contribution is -0.870. The summed E-state index contributed by atoms with van der Waals surface area (Å²) in [4.78, 5) is 35.6. The summed E-state index contributed by atoms with van der Waals surface area (Å²) in [5.41, 5.74) is 0. The van der Waals surface area contributed by atoms with Gasteiger partial charge < -0.3 is 18.9 Å². The van der Waals surface area contributed by atoms with Gasteiger partial charge in [0.25, 0.3) is 0 Å². The maximum Gasteiger partial charge on any atom is 0.472 e. The summed E-state index contributed by atoms with van der Waals surface area (Å²) in [7, 11) is 1.46. The molecule has 0 fully saturated rings. The Labute approximate surface area is 405 Å². The van der Waals surface area contributed by atoms with E-state index in [1.165, 1.54) is 77.0 Å². The molecule has 0 heterocycles. The molecule has 0 aromatic rings. The maximum atomic E-state index is 12.8. The topological polar surface area (TPSA) is 108 Å². The molecule has 10 heteroatoms. The van der Waals surface area contributed by atoms with Crippen LogP contribution in [0.25, 0.3) is 0 Å². The molecule has 0 saturated carbocycles. The van der Waals surface area contributed by atoms with Crippen LogP contribution in [0.15, 0.2) is 85.1 Å². The molecule has 0 saturated heterocycles. The predicted octanol–water partition coefficient (Wildman–Crippen LogP) is 15.9. The number of nitrogens with zero attached hydrogens (tertiary/aromatic N) is 1. The molecule has 0 aromatic heterocycles. The fraction of sp³-hybridized carbons (Fsp3) is 0.714. The molecule has 0 radical (unpaired) electrons. The number of allylic oxidation sites excluding steroid dienone is 14. The SMILES string of the molecule is CC/C=C\C/C=C\C/C=C\C/C=C\CCCCCCCCCCCCCCC(=O)OC(COC(=O)CCCCCCCCC/C=C\C/C=C\C/C=C\CC)COP(=O)(O)OCC[N+](C)(C)C. The zero-order valence-electron chi connectivity index (χ0n) is 42.9. The number of hydrogen-bond donors (Lipinski definition) is 1. The second-order valence-electron chi connectivity index (χ2n) is 18.5. The Morgan fingerprint density at radius 2 is 0.818 bits per heavy atom. The summed E-state index contributed by atoms with van der Waals surface area (Å²) in [6, 6.07) is 0. The molecule has 1 N–H and O–H groups in total. The van der Waals surface area contributed by atoms with Crippen molar-refractivity contribution >= 4 is 19.8 Å². The molecule has 0 aliphatic rings. The molecule has 0 amide bonds. The lowest BCUT2D eigenvalue weighted by atomic mass is 10.0. The second-order valence-corrected chi connectivity index (χ2v) is 19.9.